The van der Waals surface area contributed by atoms with Crippen molar-refractivity contribution in [2.45, 2.75) is 31.2 Å². The summed E-state index contributed by atoms with van der Waals surface area (Å²) >= 11 is 0. The van der Waals surface area contributed by atoms with E-state index in [1.807, 2.05) is 36.4 Å². The van der Waals surface area contributed by atoms with Gasteiger partial charge in [-0.2, -0.15) is 10.5 Å². The van der Waals surface area contributed by atoms with Gasteiger partial charge in [0, 0.05) is 17.0 Å². The van der Waals surface area contributed by atoms with Gasteiger partial charge >= 0.3 is 0 Å². The minimum Gasteiger partial charge on any atom is -0.318 e. The predicted molar refractivity (Wildman–Crippen MR) is 146 cm³/mol. The molecule has 176 valence electrons. The van der Waals surface area contributed by atoms with Gasteiger partial charge in [-0.25, -0.2) is 4.98 Å². The topological polar surface area (TPSA) is 68.6 Å². The Balaban J connectivity index is 1.42. The molecular weight excluding hydrogens is 454 g/mol. The number of fused-ring (bicyclic) bond motifs is 6. The molecule has 3 unspecified atom stereocenters. The summed E-state index contributed by atoms with van der Waals surface area (Å²) in [5.74, 6) is 2.25. The molecule has 0 saturated carbocycles. The van der Waals surface area contributed by atoms with E-state index in [1.165, 1.54) is 5.56 Å². The summed E-state index contributed by atoms with van der Waals surface area (Å²) in [5.41, 5.74) is 7.05. The smallest absolute Gasteiger partial charge is 0.140 e. The van der Waals surface area contributed by atoms with Gasteiger partial charge in [-0.05, 0) is 78.1 Å². The van der Waals surface area contributed by atoms with Crippen molar-refractivity contribution in [2.24, 2.45) is 0 Å². The first-order chi connectivity index (χ1) is 18.2. The van der Waals surface area contributed by atoms with Crippen LogP contribution in [0.4, 0.5) is 11.5 Å². The summed E-state index contributed by atoms with van der Waals surface area (Å²) in [6.45, 7) is 2.24. The summed E-state index contributed by atoms with van der Waals surface area (Å²) in [7, 11) is 0. The van der Waals surface area contributed by atoms with Crippen LogP contribution in [0.5, 0.6) is 0 Å². The standard InChI is InChI=1S/C32H23N5/c1-20-6-4-9-29-32(20)25-17-22(19-34)13-15-28(25)37(29)31-11-5-10-30(35-31)36-26-8-3-2-7-23(26)24-16-21(18-33)12-14-27(24)36/h2-5,7-17,20,23,26H,6H2,1H3. The van der Waals surface area contributed by atoms with E-state index in [1.54, 1.807) is 0 Å². The van der Waals surface area contributed by atoms with Crippen LogP contribution in [0.3, 0.4) is 0 Å². The molecule has 1 aliphatic heterocycles. The largest absolute Gasteiger partial charge is 0.318 e. The zero-order chi connectivity index (χ0) is 25.1. The predicted octanol–water partition coefficient (Wildman–Crippen LogP) is 7.02. The Labute approximate surface area is 215 Å². The molecule has 3 heterocycles. The summed E-state index contributed by atoms with van der Waals surface area (Å²) in [5, 5.41) is 20.1. The molecule has 0 saturated heterocycles. The molecule has 0 radical (unpaired) electrons. The number of hydrogen-bond acceptors (Lipinski definition) is 4. The fraction of sp³-hybridized carbons (Fsp3) is 0.156. The number of nitriles is 2. The van der Waals surface area contributed by atoms with Crippen LogP contribution in [0.2, 0.25) is 0 Å². The second-order valence-electron chi connectivity index (χ2n) is 9.91. The zero-order valence-electron chi connectivity index (χ0n) is 20.3. The molecule has 0 N–H and O–H groups in total. The summed E-state index contributed by atoms with van der Waals surface area (Å²) in [6, 6.07) is 22.7. The molecule has 7 rings (SSSR count). The molecule has 0 spiro atoms. The minimum absolute atomic E-state index is 0.102. The minimum atomic E-state index is 0.102. The summed E-state index contributed by atoms with van der Waals surface area (Å²) < 4.78 is 2.23. The fourth-order valence-corrected chi connectivity index (χ4v) is 6.18. The lowest BCUT2D eigenvalue weighted by molar-refractivity contribution is 0.736. The quantitative estimate of drug-likeness (QED) is 0.311. The molecule has 0 amide bonds. The maximum absolute atomic E-state index is 9.54. The van der Waals surface area contributed by atoms with Gasteiger partial charge in [-0.1, -0.05) is 43.4 Å². The number of anilines is 2. The zero-order valence-corrected chi connectivity index (χ0v) is 20.3. The molecule has 2 aromatic heterocycles. The molecule has 37 heavy (non-hydrogen) atoms. The van der Waals surface area contributed by atoms with Gasteiger partial charge in [-0.3, -0.25) is 4.57 Å². The van der Waals surface area contributed by atoms with Crippen molar-refractivity contribution in [1.82, 2.24) is 9.55 Å². The number of aromatic nitrogens is 2. The van der Waals surface area contributed by atoms with Crippen LogP contribution in [0, 0.1) is 22.7 Å². The molecule has 2 aliphatic carbocycles. The van der Waals surface area contributed by atoms with Crippen molar-refractivity contribution in [3.05, 3.63) is 113 Å². The van der Waals surface area contributed by atoms with Crippen LogP contribution in [0.25, 0.3) is 22.8 Å². The lowest BCUT2D eigenvalue weighted by Crippen LogP contribution is -2.29. The van der Waals surface area contributed by atoms with E-state index in [2.05, 4.69) is 83.2 Å². The van der Waals surface area contributed by atoms with E-state index in [0.717, 1.165) is 45.9 Å². The Kier molecular flexibility index (Phi) is 4.68. The van der Waals surface area contributed by atoms with Crippen LogP contribution in [-0.4, -0.2) is 15.6 Å². The Morgan fingerprint density at radius 1 is 0.919 bits per heavy atom. The van der Waals surface area contributed by atoms with Gasteiger partial charge < -0.3 is 4.90 Å². The summed E-state index contributed by atoms with van der Waals surface area (Å²) in [4.78, 5) is 7.51. The molecule has 0 fully saturated rings. The number of benzene rings is 2. The first-order valence-corrected chi connectivity index (χ1v) is 12.6. The third kappa shape index (κ3) is 3.11. The highest BCUT2D eigenvalue weighted by Crippen LogP contribution is 2.48. The maximum atomic E-state index is 9.54. The normalized spacial score (nSPS) is 20.8. The van der Waals surface area contributed by atoms with Gasteiger partial charge in [0.1, 0.15) is 11.6 Å². The molecule has 5 heteroatoms. The SMILES string of the molecule is CC1CC=Cc2c1c1cc(C#N)ccc1n2-c1cccc(N2c3ccc(C#N)cc3C3C=CC=CC32)n1. The third-order valence-electron chi connectivity index (χ3n) is 7.81. The molecular formula is C32H23N5. The molecule has 2 aromatic carbocycles. The first-order valence-electron chi connectivity index (χ1n) is 12.6. The Morgan fingerprint density at radius 2 is 1.70 bits per heavy atom. The van der Waals surface area contributed by atoms with Gasteiger partial charge in [0.2, 0.25) is 0 Å². The number of allylic oxidation sites excluding steroid dienone is 3. The van der Waals surface area contributed by atoms with Crippen molar-refractivity contribution in [3.8, 4) is 18.0 Å². The van der Waals surface area contributed by atoms with Crippen LogP contribution >= 0.6 is 0 Å². The monoisotopic (exact) mass is 477 g/mol. The highest BCUT2D eigenvalue weighted by molar-refractivity contribution is 5.92. The van der Waals surface area contributed by atoms with Gasteiger partial charge in [-0.15, -0.1) is 0 Å². The van der Waals surface area contributed by atoms with Gasteiger partial charge in [0.25, 0.3) is 0 Å². The summed E-state index contributed by atoms with van der Waals surface area (Å²) in [6.07, 6.45) is 14.0. The molecule has 5 nitrogen and oxygen atoms in total. The van der Waals surface area contributed by atoms with E-state index >= 15 is 0 Å². The van der Waals surface area contributed by atoms with Crippen molar-refractivity contribution in [1.29, 1.82) is 10.5 Å². The Hall–Kier alpha value is -4.87. The van der Waals surface area contributed by atoms with Crippen LogP contribution in [0.15, 0.2) is 85.0 Å². The van der Waals surface area contributed by atoms with E-state index in [4.69, 9.17) is 4.98 Å². The van der Waals surface area contributed by atoms with Crippen molar-refractivity contribution in [3.63, 3.8) is 0 Å². The van der Waals surface area contributed by atoms with E-state index in [0.29, 0.717) is 17.0 Å². The Bertz CT molecular complexity index is 1770. The lowest BCUT2D eigenvalue weighted by atomic mass is 9.90. The fourth-order valence-electron chi connectivity index (χ4n) is 6.18. The second kappa shape index (κ2) is 8.08. The Morgan fingerprint density at radius 3 is 2.57 bits per heavy atom. The second-order valence-corrected chi connectivity index (χ2v) is 9.91. The molecule has 4 aromatic rings. The van der Waals surface area contributed by atoms with Crippen molar-refractivity contribution >= 4 is 28.5 Å². The number of nitrogens with zero attached hydrogens (tertiary/aromatic N) is 5. The number of hydrogen-bond donors (Lipinski definition) is 0. The van der Waals surface area contributed by atoms with Crippen LogP contribution < -0.4 is 4.90 Å². The number of rotatable bonds is 2. The molecule has 3 atom stereocenters. The number of pyridine rings is 1. The molecule has 3 aliphatic rings. The van der Waals surface area contributed by atoms with Gasteiger partial charge in [0.05, 0.1) is 40.5 Å². The van der Waals surface area contributed by atoms with Gasteiger partial charge in [0.15, 0.2) is 0 Å². The van der Waals surface area contributed by atoms with E-state index < -0.39 is 0 Å². The molecule has 0 bridgehead atoms. The van der Waals surface area contributed by atoms with E-state index in [-0.39, 0.29) is 12.0 Å². The van der Waals surface area contributed by atoms with Crippen molar-refractivity contribution in [2.75, 3.05) is 4.90 Å². The highest BCUT2D eigenvalue weighted by atomic mass is 15.3. The first kappa shape index (κ1) is 21.4. The average molecular weight is 478 g/mol. The third-order valence-corrected chi connectivity index (χ3v) is 7.81. The maximum Gasteiger partial charge on any atom is 0.140 e. The van der Waals surface area contributed by atoms with Crippen LogP contribution in [0.1, 0.15) is 53.1 Å². The highest BCUT2D eigenvalue weighted by Gasteiger charge is 2.38. The van der Waals surface area contributed by atoms with Crippen LogP contribution in [-0.2, 0) is 0 Å². The average Bonchev–Trinajstić information content (AvgIpc) is 3.45. The van der Waals surface area contributed by atoms with Crippen molar-refractivity contribution < 1.29 is 0 Å². The lowest BCUT2D eigenvalue weighted by Gasteiger charge is -2.28. The van der Waals surface area contributed by atoms with E-state index in [9.17, 15) is 10.5 Å².